The average molecular weight is 310 g/mol. The Morgan fingerprint density at radius 1 is 1.23 bits per heavy atom. The number of hydrogen-bond donors (Lipinski definition) is 3. The molecule has 1 aromatic rings. The van der Waals surface area contributed by atoms with Crippen molar-refractivity contribution in [2.45, 2.75) is 39.3 Å². The van der Waals surface area contributed by atoms with E-state index in [0.717, 1.165) is 18.2 Å². The second kappa shape index (κ2) is 6.55. The number of carboxylic acid groups (broad SMARTS) is 1. The summed E-state index contributed by atoms with van der Waals surface area (Å²) in [6, 6.07) is 2.10. The number of amides is 2. The number of benzene rings is 1. The molecule has 120 valence electrons. The van der Waals surface area contributed by atoms with Crippen LogP contribution in [0.5, 0.6) is 0 Å². The van der Waals surface area contributed by atoms with Gasteiger partial charge in [0.05, 0.1) is 11.1 Å². The van der Waals surface area contributed by atoms with Gasteiger partial charge in [-0.05, 0) is 45.9 Å². The highest BCUT2D eigenvalue weighted by Crippen LogP contribution is 2.11. The van der Waals surface area contributed by atoms with E-state index in [2.05, 4.69) is 10.6 Å². The summed E-state index contributed by atoms with van der Waals surface area (Å²) in [5.41, 5.74) is -1.03. The van der Waals surface area contributed by atoms with Crippen LogP contribution >= 0.6 is 0 Å². The molecule has 0 heterocycles. The lowest BCUT2D eigenvalue weighted by Gasteiger charge is -2.23. The quantitative estimate of drug-likeness (QED) is 0.786. The van der Waals surface area contributed by atoms with Crippen molar-refractivity contribution in [3.63, 3.8) is 0 Å². The molecule has 7 heteroatoms. The van der Waals surface area contributed by atoms with Crippen molar-refractivity contribution in [3.05, 3.63) is 35.1 Å². The maximum Gasteiger partial charge on any atom is 0.335 e. The minimum atomic E-state index is -1.29. The molecule has 0 saturated carbocycles. The highest BCUT2D eigenvalue weighted by atomic mass is 19.1. The first-order valence-electron chi connectivity index (χ1n) is 6.67. The highest BCUT2D eigenvalue weighted by Gasteiger charge is 2.22. The van der Waals surface area contributed by atoms with Gasteiger partial charge < -0.3 is 15.7 Å². The van der Waals surface area contributed by atoms with E-state index in [4.69, 9.17) is 5.11 Å². The van der Waals surface area contributed by atoms with Crippen molar-refractivity contribution >= 4 is 17.8 Å². The Balaban J connectivity index is 2.81. The van der Waals surface area contributed by atoms with Crippen LogP contribution in [-0.2, 0) is 4.79 Å². The molecule has 6 nitrogen and oxygen atoms in total. The second-order valence-electron chi connectivity index (χ2n) is 5.93. The third-order valence-electron chi connectivity index (χ3n) is 2.70. The normalized spacial score (nSPS) is 12.4. The third-order valence-corrected chi connectivity index (χ3v) is 2.70. The van der Waals surface area contributed by atoms with Gasteiger partial charge in [0.15, 0.2) is 0 Å². The van der Waals surface area contributed by atoms with Crippen LogP contribution in [0.25, 0.3) is 0 Å². The summed E-state index contributed by atoms with van der Waals surface area (Å²) in [5.74, 6) is -3.43. The predicted molar refractivity (Wildman–Crippen MR) is 78.2 cm³/mol. The van der Waals surface area contributed by atoms with Crippen LogP contribution in [0.4, 0.5) is 4.39 Å². The van der Waals surface area contributed by atoms with E-state index in [-0.39, 0.29) is 11.1 Å². The van der Waals surface area contributed by atoms with Gasteiger partial charge >= 0.3 is 5.97 Å². The Labute approximate surface area is 127 Å². The van der Waals surface area contributed by atoms with Crippen LogP contribution < -0.4 is 10.6 Å². The molecule has 3 N–H and O–H groups in total. The minimum absolute atomic E-state index is 0.257. The number of aromatic carboxylic acids is 1. The van der Waals surface area contributed by atoms with Crippen LogP contribution in [-0.4, -0.2) is 34.5 Å². The first kappa shape index (κ1) is 17.6. The van der Waals surface area contributed by atoms with Gasteiger partial charge in [0.2, 0.25) is 5.91 Å². The van der Waals surface area contributed by atoms with Crippen LogP contribution in [0.1, 0.15) is 48.4 Å². The molecular formula is C15H19FN2O4. The van der Waals surface area contributed by atoms with Crippen LogP contribution in [0.3, 0.4) is 0 Å². The van der Waals surface area contributed by atoms with Gasteiger partial charge in [-0.1, -0.05) is 0 Å². The van der Waals surface area contributed by atoms with Gasteiger partial charge in [-0.2, -0.15) is 0 Å². The Morgan fingerprint density at radius 3 is 2.27 bits per heavy atom. The molecular weight excluding hydrogens is 291 g/mol. The standard InChI is InChI=1S/C15H19FN2O4/c1-8(12(19)18-15(2,3)4)17-13(20)10-6-5-9(14(21)22)7-11(10)16/h5-8H,1-4H3,(H,17,20)(H,18,19)(H,21,22). The van der Waals surface area contributed by atoms with Gasteiger partial charge in [-0.3, -0.25) is 9.59 Å². The predicted octanol–water partition coefficient (Wildman–Crippen LogP) is 1.56. The molecule has 0 aliphatic carbocycles. The first-order chi connectivity index (χ1) is 10.0. The van der Waals surface area contributed by atoms with E-state index in [1.165, 1.54) is 6.92 Å². The second-order valence-corrected chi connectivity index (χ2v) is 5.93. The van der Waals surface area contributed by atoms with E-state index in [1.54, 1.807) is 20.8 Å². The van der Waals surface area contributed by atoms with Crippen LogP contribution in [0.2, 0.25) is 0 Å². The summed E-state index contributed by atoms with van der Waals surface area (Å²) in [6.45, 7) is 6.86. The summed E-state index contributed by atoms with van der Waals surface area (Å²) in [6.07, 6.45) is 0. The van der Waals surface area contributed by atoms with Gasteiger partial charge in [0.25, 0.3) is 5.91 Å². The lowest BCUT2D eigenvalue weighted by atomic mass is 10.1. The maximum absolute atomic E-state index is 13.8. The molecule has 0 radical (unpaired) electrons. The number of carbonyl (C=O) groups is 3. The molecule has 0 aromatic heterocycles. The van der Waals surface area contributed by atoms with Crippen molar-refractivity contribution in [2.75, 3.05) is 0 Å². The van der Waals surface area contributed by atoms with Gasteiger partial charge in [0.1, 0.15) is 11.9 Å². The molecule has 2 amide bonds. The smallest absolute Gasteiger partial charge is 0.335 e. The molecule has 1 unspecified atom stereocenters. The Kier molecular flexibility index (Phi) is 5.24. The molecule has 1 atom stereocenters. The van der Waals surface area contributed by atoms with Crippen LogP contribution in [0, 0.1) is 5.82 Å². The zero-order valence-electron chi connectivity index (χ0n) is 12.9. The largest absolute Gasteiger partial charge is 0.478 e. The summed E-state index contributed by atoms with van der Waals surface area (Å²) in [7, 11) is 0. The van der Waals surface area contributed by atoms with Gasteiger partial charge in [-0.15, -0.1) is 0 Å². The fraction of sp³-hybridized carbons (Fsp3) is 0.400. The molecule has 0 aliphatic heterocycles. The molecule has 1 rings (SSSR count). The lowest BCUT2D eigenvalue weighted by molar-refractivity contribution is -0.124. The number of carboxylic acids is 1. The zero-order chi connectivity index (χ0) is 17.1. The molecule has 0 fully saturated rings. The Bertz CT molecular complexity index is 608. The van der Waals surface area contributed by atoms with E-state index in [9.17, 15) is 18.8 Å². The summed E-state index contributed by atoms with van der Waals surface area (Å²) in [5, 5.41) is 13.8. The highest BCUT2D eigenvalue weighted by molar-refractivity contribution is 5.98. The minimum Gasteiger partial charge on any atom is -0.478 e. The third kappa shape index (κ3) is 4.83. The van der Waals surface area contributed by atoms with Crippen molar-refractivity contribution in [1.29, 1.82) is 0 Å². The number of hydrogen-bond acceptors (Lipinski definition) is 3. The van der Waals surface area contributed by atoms with Crippen molar-refractivity contribution in [1.82, 2.24) is 10.6 Å². The van der Waals surface area contributed by atoms with E-state index >= 15 is 0 Å². The fourth-order valence-corrected chi connectivity index (χ4v) is 1.65. The molecule has 0 aliphatic rings. The number of rotatable bonds is 4. The molecule has 1 aromatic carbocycles. The molecule has 0 spiro atoms. The molecule has 0 saturated heterocycles. The monoisotopic (exact) mass is 310 g/mol. The molecule has 0 bridgehead atoms. The number of nitrogens with one attached hydrogen (secondary N) is 2. The van der Waals surface area contributed by atoms with Gasteiger partial charge in [0, 0.05) is 5.54 Å². The summed E-state index contributed by atoms with van der Waals surface area (Å²) < 4.78 is 13.8. The maximum atomic E-state index is 13.8. The SMILES string of the molecule is CC(NC(=O)c1ccc(C(=O)O)cc1F)C(=O)NC(C)(C)C. The van der Waals surface area contributed by atoms with E-state index < -0.39 is 35.2 Å². The lowest BCUT2D eigenvalue weighted by Crippen LogP contribution is -2.50. The van der Waals surface area contributed by atoms with Crippen molar-refractivity contribution < 1.29 is 23.9 Å². The first-order valence-corrected chi connectivity index (χ1v) is 6.67. The Hall–Kier alpha value is -2.44. The number of carbonyl (C=O) groups excluding carboxylic acids is 2. The molecule has 22 heavy (non-hydrogen) atoms. The van der Waals surface area contributed by atoms with Crippen molar-refractivity contribution in [2.24, 2.45) is 0 Å². The van der Waals surface area contributed by atoms with Gasteiger partial charge in [-0.25, -0.2) is 9.18 Å². The Morgan fingerprint density at radius 2 is 1.82 bits per heavy atom. The topological polar surface area (TPSA) is 95.5 Å². The fourth-order valence-electron chi connectivity index (χ4n) is 1.65. The average Bonchev–Trinajstić information content (AvgIpc) is 2.35. The van der Waals surface area contributed by atoms with E-state index in [0.29, 0.717) is 0 Å². The number of halogens is 1. The van der Waals surface area contributed by atoms with Crippen molar-refractivity contribution in [3.8, 4) is 0 Å². The van der Waals surface area contributed by atoms with E-state index in [1.807, 2.05) is 0 Å². The summed E-state index contributed by atoms with van der Waals surface area (Å²) >= 11 is 0. The summed E-state index contributed by atoms with van der Waals surface area (Å²) in [4.78, 5) is 34.5. The zero-order valence-corrected chi connectivity index (χ0v) is 12.9. The van der Waals surface area contributed by atoms with Crippen LogP contribution in [0.15, 0.2) is 18.2 Å².